The third-order valence-electron chi connectivity index (χ3n) is 16.5. The molecule has 1 heterocycles. The van der Waals surface area contributed by atoms with Crippen molar-refractivity contribution in [2.24, 2.45) is 30.0 Å². The first-order valence-corrected chi connectivity index (χ1v) is 31.1. The maximum atomic E-state index is 12.0. The lowest BCUT2D eigenvalue weighted by atomic mass is 9.91. The molecule has 9 heteroatoms. The minimum Gasteiger partial charge on any atom is -0.507 e. The topological polar surface area (TPSA) is 135 Å². The number of fused-ring (bicyclic) bond motifs is 9. The maximum absolute atomic E-state index is 12.0. The molecule has 3 N–H and O–H groups in total. The van der Waals surface area contributed by atoms with E-state index in [1.807, 2.05) is 92.8 Å². The van der Waals surface area contributed by atoms with Crippen LogP contribution in [0.15, 0.2) is 84.6 Å². The van der Waals surface area contributed by atoms with Gasteiger partial charge in [0.25, 0.3) is 0 Å². The number of aliphatic imine (C=N–C) groups is 6. The molecule has 0 aromatic heterocycles. The van der Waals surface area contributed by atoms with Crippen LogP contribution in [0.3, 0.4) is 0 Å². The smallest absolute Gasteiger partial charge is 0.133 e. The van der Waals surface area contributed by atoms with Crippen LogP contribution in [-0.4, -0.2) is 88.9 Å². The maximum Gasteiger partial charge on any atom is 0.133 e. The molecule has 0 radical (unpaired) electrons. The summed E-state index contributed by atoms with van der Waals surface area (Å²) in [7, 11) is 0. The first-order chi connectivity index (χ1) is 38.3. The number of phenols is 3. The second-order valence-corrected chi connectivity index (χ2v) is 22.9. The molecule has 0 amide bonds. The molecule has 3 saturated carbocycles. The molecule has 6 unspecified atom stereocenters. The standard InChI is InChI=1S/C69H96N6O3/c1-4-7-9-11-13-15-17-19-21-23-32-53-42-57-48-72-63-36-27-25-34-61(63)70-46-55-40-52(31-6-3)41-56(67(55)76)47-71-62-35-26-28-37-64(62)73-49-58-43-54(33-24-22-20-18-16-14-12-10-8-5-2)45-60(69(58)78)51-75-66-39-30-29-38-65(66)74-50-59(44-53)68(57)77/h6,23-24,31-33,40-51,61-66,76-78H,4-5,7-22,25-30,34-39H2,1-3H3. The van der Waals surface area contributed by atoms with Crippen LogP contribution in [-0.2, 0) is 0 Å². The van der Waals surface area contributed by atoms with Crippen LogP contribution in [0.5, 0.6) is 17.2 Å². The highest BCUT2D eigenvalue weighted by molar-refractivity contribution is 5.95. The van der Waals surface area contributed by atoms with Crippen molar-refractivity contribution in [3.05, 3.63) is 105 Å². The molecule has 0 saturated heterocycles. The van der Waals surface area contributed by atoms with Crippen LogP contribution in [0.1, 0.15) is 263 Å². The van der Waals surface area contributed by atoms with E-state index >= 15 is 0 Å². The average molecular weight is 1060 g/mol. The molecule has 0 spiro atoms. The predicted molar refractivity (Wildman–Crippen MR) is 335 cm³/mol. The molecule has 3 aliphatic carbocycles. The highest BCUT2D eigenvalue weighted by Gasteiger charge is 2.27. The Morgan fingerprint density at radius 2 is 0.577 bits per heavy atom. The van der Waals surface area contributed by atoms with Crippen molar-refractivity contribution in [1.29, 1.82) is 0 Å². The lowest BCUT2D eigenvalue weighted by Gasteiger charge is -2.26. The van der Waals surface area contributed by atoms with Gasteiger partial charge in [-0.3, -0.25) is 30.0 Å². The summed E-state index contributed by atoms with van der Waals surface area (Å²) in [5, 5.41) is 35.9. The Hall–Kier alpha value is -5.70. The summed E-state index contributed by atoms with van der Waals surface area (Å²) in [4.78, 5) is 31.1. The van der Waals surface area contributed by atoms with Gasteiger partial charge in [0, 0.05) is 70.7 Å². The van der Waals surface area contributed by atoms with E-state index in [-0.39, 0.29) is 53.5 Å². The molecule has 78 heavy (non-hydrogen) atoms. The first-order valence-electron chi connectivity index (χ1n) is 31.1. The first kappa shape index (κ1) is 60.0. The SMILES string of the molecule is CC=Cc1cc2c(O)c(c1)C=NC1CCCCC1N=Cc1cc(C=CCCCCCCCCCC)cc(c1O)C=NC1CCCCC1N=Cc1cc(C=CCCCCCCCCCC)cc(c1O)C=NC1CCCCC1N=C2. The zero-order valence-electron chi connectivity index (χ0n) is 48.1. The van der Waals surface area contributed by atoms with E-state index in [9.17, 15) is 15.3 Å². The third-order valence-corrected chi connectivity index (χ3v) is 16.5. The number of allylic oxidation sites excluding steroid dienone is 3. The Kier molecular flexibility index (Phi) is 25.9. The summed E-state index contributed by atoms with van der Waals surface area (Å²) < 4.78 is 0. The Labute approximate surface area is 470 Å². The van der Waals surface area contributed by atoms with Gasteiger partial charge in [-0.2, -0.15) is 0 Å². The molecule has 420 valence electrons. The summed E-state index contributed by atoms with van der Waals surface area (Å²) in [6.07, 6.45) is 58.4. The van der Waals surface area contributed by atoms with Crippen molar-refractivity contribution in [2.45, 2.75) is 250 Å². The normalized spacial score (nSPS) is 22.0. The Balaban J connectivity index is 1.24. The molecular weight excluding hydrogens is 961 g/mol. The minimum absolute atomic E-state index is 0.0754. The quantitative estimate of drug-likeness (QED) is 0.0917. The van der Waals surface area contributed by atoms with Crippen molar-refractivity contribution >= 4 is 55.5 Å². The van der Waals surface area contributed by atoms with E-state index in [1.54, 1.807) is 0 Å². The number of hydrogen-bond acceptors (Lipinski definition) is 9. The number of rotatable bonds is 21. The Morgan fingerprint density at radius 1 is 0.346 bits per heavy atom. The third kappa shape index (κ3) is 19.3. The highest BCUT2D eigenvalue weighted by atomic mass is 16.3. The van der Waals surface area contributed by atoms with Crippen LogP contribution in [0.25, 0.3) is 18.2 Å². The summed E-state index contributed by atoms with van der Waals surface area (Å²) in [5.74, 6) is 0.480. The number of phenolic OH excluding ortho intramolecular Hbond substituents is 3. The summed E-state index contributed by atoms with van der Waals surface area (Å²) in [5.41, 5.74) is 6.92. The van der Waals surface area contributed by atoms with Crippen molar-refractivity contribution in [3.8, 4) is 17.2 Å². The summed E-state index contributed by atoms with van der Waals surface area (Å²) in [6.45, 7) is 6.54. The molecule has 6 atom stereocenters. The molecule has 4 aliphatic rings. The van der Waals surface area contributed by atoms with Gasteiger partial charge in [-0.25, -0.2) is 0 Å². The van der Waals surface area contributed by atoms with E-state index in [2.05, 4.69) is 38.2 Å². The van der Waals surface area contributed by atoms with Gasteiger partial charge < -0.3 is 15.3 Å². The van der Waals surface area contributed by atoms with E-state index in [1.165, 1.54) is 103 Å². The number of unbranched alkanes of at least 4 members (excludes halogenated alkanes) is 16. The second-order valence-electron chi connectivity index (χ2n) is 22.9. The largest absolute Gasteiger partial charge is 0.507 e. The minimum atomic E-state index is -0.0772. The predicted octanol–water partition coefficient (Wildman–Crippen LogP) is 17.8. The molecule has 1 aliphatic heterocycles. The Bertz CT molecular complexity index is 2420. The lowest BCUT2D eigenvalue weighted by molar-refractivity contribution is 0.389. The number of benzene rings is 3. The van der Waals surface area contributed by atoms with E-state index < -0.39 is 0 Å². The van der Waals surface area contributed by atoms with Crippen molar-refractivity contribution in [3.63, 3.8) is 0 Å². The fourth-order valence-electron chi connectivity index (χ4n) is 11.8. The van der Waals surface area contributed by atoms with Gasteiger partial charge in [0.05, 0.1) is 36.3 Å². The van der Waals surface area contributed by atoms with Crippen molar-refractivity contribution < 1.29 is 15.3 Å². The van der Waals surface area contributed by atoms with Gasteiger partial charge in [0.2, 0.25) is 0 Å². The van der Waals surface area contributed by atoms with Crippen LogP contribution in [0.4, 0.5) is 0 Å². The van der Waals surface area contributed by atoms with Gasteiger partial charge in [0.1, 0.15) is 17.2 Å². The zero-order valence-corrected chi connectivity index (χ0v) is 48.1. The molecule has 3 aromatic rings. The van der Waals surface area contributed by atoms with Gasteiger partial charge in [0.15, 0.2) is 0 Å². The molecule has 9 nitrogen and oxygen atoms in total. The molecule has 3 fully saturated rings. The monoisotopic (exact) mass is 1060 g/mol. The second kappa shape index (κ2) is 33.7. The lowest BCUT2D eigenvalue weighted by Crippen LogP contribution is -2.27. The van der Waals surface area contributed by atoms with Crippen molar-refractivity contribution in [2.75, 3.05) is 0 Å². The summed E-state index contributed by atoms with van der Waals surface area (Å²) >= 11 is 0. The van der Waals surface area contributed by atoms with Crippen LogP contribution >= 0.6 is 0 Å². The molecule has 7 rings (SSSR count). The van der Waals surface area contributed by atoms with Crippen LogP contribution < -0.4 is 0 Å². The fraction of sp³-hybridized carbons (Fsp3) is 0.565. The molecule has 6 bridgehead atoms. The average Bonchev–Trinajstić information content (AvgIpc) is 3.47. The fourth-order valence-corrected chi connectivity index (χ4v) is 11.8. The van der Waals surface area contributed by atoms with Crippen LogP contribution in [0, 0.1) is 0 Å². The van der Waals surface area contributed by atoms with Gasteiger partial charge >= 0.3 is 0 Å². The van der Waals surface area contributed by atoms with Crippen LogP contribution in [0.2, 0.25) is 0 Å². The van der Waals surface area contributed by atoms with Gasteiger partial charge in [-0.05, 0) is 124 Å². The molecular formula is C69H96N6O3. The van der Waals surface area contributed by atoms with Gasteiger partial charge in [-0.15, -0.1) is 0 Å². The molecule has 3 aromatic carbocycles. The van der Waals surface area contributed by atoms with E-state index in [0.29, 0.717) is 33.4 Å². The van der Waals surface area contributed by atoms with E-state index in [0.717, 1.165) is 107 Å². The number of nitrogens with zero attached hydrogens (tertiary/aromatic N) is 6. The number of hydrogen-bond donors (Lipinski definition) is 3. The summed E-state index contributed by atoms with van der Waals surface area (Å²) in [6, 6.07) is 11.7. The van der Waals surface area contributed by atoms with Gasteiger partial charge in [-0.1, -0.05) is 179 Å². The number of aromatic hydroxyl groups is 3. The Morgan fingerprint density at radius 3 is 0.821 bits per heavy atom. The van der Waals surface area contributed by atoms with E-state index in [4.69, 9.17) is 30.0 Å². The van der Waals surface area contributed by atoms with Crippen molar-refractivity contribution in [1.82, 2.24) is 0 Å². The zero-order chi connectivity index (χ0) is 54.6. The highest BCUT2D eigenvalue weighted by Crippen LogP contribution is 2.32.